The molecule has 0 saturated carbocycles. The number of ether oxygens (including phenoxy) is 1. The van der Waals surface area contributed by atoms with Crippen molar-refractivity contribution >= 4 is 15.7 Å². The van der Waals surface area contributed by atoms with Crippen LogP contribution in [0.5, 0.6) is 5.75 Å². The number of nitrogens with zero attached hydrogens (tertiary/aromatic N) is 1. The van der Waals surface area contributed by atoms with Crippen LogP contribution in [0.2, 0.25) is 0 Å². The normalized spacial score (nSPS) is 11.5. The molecule has 1 aromatic carbocycles. The average molecular weight is 298 g/mol. The van der Waals surface area contributed by atoms with Crippen LogP contribution < -0.4 is 10.5 Å². The Kier molecular flexibility index (Phi) is 6.54. The summed E-state index contributed by atoms with van der Waals surface area (Å²) in [5.74, 6) is 0.448. The van der Waals surface area contributed by atoms with Gasteiger partial charge in [0, 0.05) is 13.6 Å². The molecule has 0 fully saturated rings. The highest BCUT2D eigenvalue weighted by atomic mass is 32.2. The van der Waals surface area contributed by atoms with Crippen molar-refractivity contribution in [2.75, 3.05) is 31.7 Å². The Morgan fingerprint density at radius 2 is 2.10 bits per heavy atom. The first-order valence-corrected chi connectivity index (χ1v) is 8.10. The number of nitrogen functional groups attached to an aromatic ring is 1. The maximum Gasteiger partial charge on any atom is 0.217 e. The Morgan fingerprint density at radius 1 is 1.40 bits per heavy atom. The highest BCUT2D eigenvalue weighted by Gasteiger charge is 2.17. The molecule has 0 atom stereocenters. The van der Waals surface area contributed by atoms with Crippen molar-refractivity contribution in [1.82, 2.24) is 4.31 Å². The molecule has 0 aromatic heterocycles. The van der Waals surface area contributed by atoms with Gasteiger partial charge in [-0.25, -0.2) is 12.7 Å². The zero-order valence-electron chi connectivity index (χ0n) is 11.8. The fraction of sp³-hybridized carbons (Fsp3) is 0.429. The van der Waals surface area contributed by atoms with Gasteiger partial charge in [-0.05, 0) is 25.0 Å². The summed E-state index contributed by atoms with van der Waals surface area (Å²) in [6.07, 6.45) is 3.35. The van der Waals surface area contributed by atoms with Crippen LogP contribution in [0.25, 0.3) is 0 Å². The zero-order valence-corrected chi connectivity index (χ0v) is 12.6. The molecule has 0 aliphatic heterocycles. The van der Waals surface area contributed by atoms with E-state index in [1.54, 1.807) is 37.4 Å². The molecule has 0 bridgehead atoms. The summed E-state index contributed by atoms with van der Waals surface area (Å²) in [5.41, 5.74) is 6.22. The molecule has 0 saturated heterocycles. The number of allylic oxidation sites excluding steroid dienone is 1. The molecule has 0 aliphatic rings. The van der Waals surface area contributed by atoms with Gasteiger partial charge < -0.3 is 10.5 Å². The van der Waals surface area contributed by atoms with Crippen LogP contribution in [-0.4, -0.2) is 38.7 Å². The first-order valence-electron chi connectivity index (χ1n) is 6.49. The summed E-state index contributed by atoms with van der Waals surface area (Å²) in [4.78, 5) is 0. The number of nitrogens with two attached hydrogens (primary N) is 1. The van der Waals surface area contributed by atoms with Gasteiger partial charge in [-0.15, -0.1) is 6.58 Å². The SMILES string of the molecule is C=CCCCN(C)S(=O)(=O)CCOc1ccccc1N. The average Bonchev–Trinajstić information content (AvgIpc) is 2.41. The topological polar surface area (TPSA) is 72.6 Å². The molecule has 5 nitrogen and oxygen atoms in total. The molecule has 1 aromatic rings. The lowest BCUT2D eigenvalue weighted by Crippen LogP contribution is -2.32. The Bertz CT molecular complexity index is 529. The Hall–Kier alpha value is -1.53. The molecule has 2 N–H and O–H groups in total. The summed E-state index contributed by atoms with van der Waals surface area (Å²) in [6.45, 7) is 4.18. The molecule has 20 heavy (non-hydrogen) atoms. The van der Waals surface area contributed by atoms with Gasteiger partial charge in [0.05, 0.1) is 11.4 Å². The molecule has 0 radical (unpaired) electrons. The number of unbranched alkanes of at least 4 members (excludes halogenated alkanes) is 1. The maximum atomic E-state index is 12.0. The van der Waals surface area contributed by atoms with Crippen molar-refractivity contribution < 1.29 is 13.2 Å². The summed E-state index contributed by atoms with van der Waals surface area (Å²) in [5, 5.41) is 0. The fourth-order valence-corrected chi connectivity index (χ4v) is 2.64. The Morgan fingerprint density at radius 3 is 2.75 bits per heavy atom. The van der Waals surface area contributed by atoms with Crippen molar-refractivity contribution in [3.05, 3.63) is 36.9 Å². The number of sulfonamides is 1. The minimum absolute atomic E-state index is 0.0636. The minimum Gasteiger partial charge on any atom is -0.490 e. The molecule has 0 heterocycles. The highest BCUT2D eigenvalue weighted by Crippen LogP contribution is 2.19. The molecule has 0 spiro atoms. The van der Waals surface area contributed by atoms with Crippen LogP contribution in [-0.2, 0) is 10.0 Å². The van der Waals surface area contributed by atoms with E-state index in [1.807, 2.05) is 0 Å². The predicted molar refractivity (Wildman–Crippen MR) is 82.2 cm³/mol. The molecule has 0 aliphatic carbocycles. The summed E-state index contributed by atoms with van der Waals surface area (Å²) < 4.78 is 30.7. The maximum absolute atomic E-state index is 12.0. The summed E-state index contributed by atoms with van der Waals surface area (Å²) >= 11 is 0. The van der Waals surface area contributed by atoms with Crippen molar-refractivity contribution in [2.24, 2.45) is 0 Å². The Balaban J connectivity index is 2.43. The fourth-order valence-electron chi connectivity index (χ4n) is 1.62. The van der Waals surface area contributed by atoms with E-state index in [1.165, 1.54) is 4.31 Å². The quantitative estimate of drug-likeness (QED) is 0.429. The molecule has 112 valence electrons. The summed E-state index contributed by atoms with van der Waals surface area (Å²) in [7, 11) is -1.71. The highest BCUT2D eigenvalue weighted by molar-refractivity contribution is 7.89. The van der Waals surface area contributed by atoms with Crippen molar-refractivity contribution in [3.63, 3.8) is 0 Å². The Labute approximate surface area is 121 Å². The van der Waals surface area contributed by atoms with Crippen LogP contribution in [0, 0.1) is 0 Å². The number of anilines is 1. The number of hydrogen-bond donors (Lipinski definition) is 1. The third-order valence-corrected chi connectivity index (χ3v) is 4.69. The molecular weight excluding hydrogens is 276 g/mol. The van der Waals surface area contributed by atoms with E-state index in [-0.39, 0.29) is 12.4 Å². The number of benzene rings is 1. The van der Waals surface area contributed by atoms with Crippen molar-refractivity contribution in [1.29, 1.82) is 0 Å². The van der Waals surface area contributed by atoms with Gasteiger partial charge in [-0.1, -0.05) is 18.2 Å². The molecule has 1 rings (SSSR count). The second kappa shape index (κ2) is 7.91. The van der Waals surface area contributed by atoms with Crippen molar-refractivity contribution in [2.45, 2.75) is 12.8 Å². The van der Waals surface area contributed by atoms with Crippen LogP contribution in [0.4, 0.5) is 5.69 Å². The second-order valence-corrected chi connectivity index (χ2v) is 6.65. The first-order chi connectivity index (χ1) is 9.47. The minimum atomic E-state index is -3.29. The van der Waals surface area contributed by atoms with Gasteiger partial charge in [0.15, 0.2) is 0 Å². The van der Waals surface area contributed by atoms with E-state index in [9.17, 15) is 8.42 Å². The predicted octanol–water partition coefficient (Wildman–Crippen LogP) is 1.88. The van der Waals surface area contributed by atoms with Gasteiger partial charge in [0.2, 0.25) is 10.0 Å². The van der Waals surface area contributed by atoms with E-state index in [2.05, 4.69) is 6.58 Å². The first kappa shape index (κ1) is 16.5. The van der Waals surface area contributed by atoms with Crippen LogP contribution in [0.1, 0.15) is 12.8 Å². The number of rotatable bonds is 9. The van der Waals surface area contributed by atoms with Gasteiger partial charge in [0.1, 0.15) is 12.4 Å². The van der Waals surface area contributed by atoms with Crippen molar-refractivity contribution in [3.8, 4) is 5.75 Å². The lowest BCUT2D eigenvalue weighted by molar-refractivity contribution is 0.338. The lowest BCUT2D eigenvalue weighted by Gasteiger charge is -2.17. The number of hydrogen-bond acceptors (Lipinski definition) is 4. The molecule has 0 unspecified atom stereocenters. The van der Waals surface area contributed by atoms with E-state index in [0.717, 1.165) is 12.8 Å². The smallest absolute Gasteiger partial charge is 0.217 e. The van der Waals surface area contributed by atoms with Gasteiger partial charge in [0.25, 0.3) is 0 Å². The lowest BCUT2D eigenvalue weighted by atomic mass is 10.3. The standard InChI is InChI=1S/C14H22N2O3S/c1-3-4-7-10-16(2)20(17,18)12-11-19-14-9-6-5-8-13(14)15/h3,5-6,8-9H,1,4,7,10-12,15H2,2H3. The van der Waals surface area contributed by atoms with Crippen LogP contribution >= 0.6 is 0 Å². The van der Waals surface area contributed by atoms with Gasteiger partial charge >= 0.3 is 0 Å². The second-order valence-electron chi connectivity index (χ2n) is 4.45. The third kappa shape index (κ3) is 5.22. The molecule has 6 heteroatoms. The van der Waals surface area contributed by atoms with Gasteiger partial charge in [-0.2, -0.15) is 0 Å². The number of para-hydroxylation sites is 2. The van der Waals surface area contributed by atoms with E-state index in [0.29, 0.717) is 18.0 Å². The summed E-state index contributed by atoms with van der Waals surface area (Å²) in [6, 6.07) is 7.02. The van der Waals surface area contributed by atoms with Crippen LogP contribution in [0.15, 0.2) is 36.9 Å². The largest absolute Gasteiger partial charge is 0.490 e. The van der Waals surface area contributed by atoms with E-state index >= 15 is 0 Å². The van der Waals surface area contributed by atoms with Crippen LogP contribution in [0.3, 0.4) is 0 Å². The third-order valence-electron chi connectivity index (χ3n) is 2.87. The van der Waals surface area contributed by atoms with Gasteiger partial charge in [-0.3, -0.25) is 0 Å². The van der Waals surface area contributed by atoms with E-state index < -0.39 is 10.0 Å². The monoisotopic (exact) mass is 298 g/mol. The van der Waals surface area contributed by atoms with E-state index in [4.69, 9.17) is 10.5 Å². The molecule has 0 amide bonds. The zero-order chi connectivity index (χ0) is 15.0. The molecular formula is C14H22N2O3S.